The molecule has 106 valence electrons. The van der Waals surface area contributed by atoms with Gasteiger partial charge in [0.15, 0.2) is 0 Å². The van der Waals surface area contributed by atoms with Gasteiger partial charge < -0.3 is 0 Å². The molecule has 0 radical (unpaired) electrons. The second-order valence-electron chi connectivity index (χ2n) is 5.36. The van der Waals surface area contributed by atoms with Crippen LogP contribution in [0.1, 0.15) is 44.1 Å². The molecule has 1 fully saturated rings. The Kier molecular flexibility index (Phi) is 4.99. The molecule has 0 amide bonds. The van der Waals surface area contributed by atoms with Crippen molar-refractivity contribution in [3.8, 4) is 0 Å². The van der Waals surface area contributed by atoms with E-state index in [1.54, 1.807) is 0 Å². The minimum absolute atomic E-state index is 0.229. The molecule has 1 aliphatic rings. The maximum absolute atomic E-state index is 11.6. The first-order valence-electron chi connectivity index (χ1n) is 7.14. The third-order valence-electron chi connectivity index (χ3n) is 3.67. The van der Waals surface area contributed by atoms with Crippen LogP contribution >= 0.6 is 0 Å². The topological polar surface area (TPSA) is 46.2 Å². The van der Waals surface area contributed by atoms with Gasteiger partial charge in [-0.25, -0.2) is 13.1 Å². The second kappa shape index (κ2) is 6.53. The standard InChI is InChI=1S/C15H23NO2S/c1-2-12-19(17,18)16-11-10-15(14-8-9-14)13-6-4-3-5-7-13/h3-7,14-16H,2,8-12H2,1H3. The monoisotopic (exact) mass is 281 g/mol. The highest BCUT2D eigenvalue weighted by Crippen LogP contribution is 2.44. The smallest absolute Gasteiger partial charge is 0.211 e. The van der Waals surface area contributed by atoms with Crippen molar-refractivity contribution >= 4 is 10.0 Å². The first-order valence-corrected chi connectivity index (χ1v) is 8.80. The lowest BCUT2D eigenvalue weighted by atomic mass is 9.91. The number of benzene rings is 1. The van der Waals surface area contributed by atoms with Crippen molar-refractivity contribution < 1.29 is 8.42 Å². The van der Waals surface area contributed by atoms with Crippen molar-refractivity contribution in [1.82, 2.24) is 4.72 Å². The lowest BCUT2D eigenvalue weighted by molar-refractivity contribution is 0.538. The van der Waals surface area contributed by atoms with Crippen LogP contribution in [-0.4, -0.2) is 20.7 Å². The van der Waals surface area contributed by atoms with Crippen molar-refractivity contribution in [2.75, 3.05) is 12.3 Å². The summed E-state index contributed by atoms with van der Waals surface area (Å²) >= 11 is 0. The van der Waals surface area contributed by atoms with E-state index in [9.17, 15) is 8.42 Å². The number of rotatable bonds is 8. The van der Waals surface area contributed by atoms with Crippen molar-refractivity contribution in [1.29, 1.82) is 0 Å². The molecule has 1 N–H and O–H groups in total. The molecule has 1 aromatic rings. The largest absolute Gasteiger partial charge is 0.215 e. The number of hydrogen-bond donors (Lipinski definition) is 1. The first-order chi connectivity index (χ1) is 9.12. The van der Waals surface area contributed by atoms with Crippen LogP contribution in [0.2, 0.25) is 0 Å². The van der Waals surface area contributed by atoms with Crippen molar-refractivity contribution in [2.24, 2.45) is 5.92 Å². The predicted molar refractivity (Wildman–Crippen MR) is 78.6 cm³/mol. The average molecular weight is 281 g/mol. The van der Waals surface area contributed by atoms with Crippen LogP contribution in [-0.2, 0) is 10.0 Å². The molecule has 0 heterocycles. The van der Waals surface area contributed by atoms with Crippen LogP contribution in [0, 0.1) is 5.92 Å². The molecule has 0 aromatic heterocycles. The van der Waals surface area contributed by atoms with Gasteiger partial charge in [-0.2, -0.15) is 0 Å². The molecule has 3 nitrogen and oxygen atoms in total. The van der Waals surface area contributed by atoms with Crippen molar-refractivity contribution in [3.05, 3.63) is 35.9 Å². The Labute approximate surface area is 116 Å². The lowest BCUT2D eigenvalue weighted by Crippen LogP contribution is -2.28. The van der Waals surface area contributed by atoms with Gasteiger partial charge in [-0.1, -0.05) is 37.3 Å². The average Bonchev–Trinajstić information content (AvgIpc) is 3.20. The van der Waals surface area contributed by atoms with Gasteiger partial charge in [0.05, 0.1) is 5.75 Å². The summed E-state index contributed by atoms with van der Waals surface area (Å²) in [7, 11) is -3.06. The van der Waals surface area contributed by atoms with Crippen LogP contribution in [0.3, 0.4) is 0 Å². The van der Waals surface area contributed by atoms with Gasteiger partial charge in [-0.3, -0.25) is 0 Å². The Bertz CT molecular complexity index is 480. The van der Waals surface area contributed by atoms with Crippen molar-refractivity contribution in [3.63, 3.8) is 0 Å². The molecule has 1 atom stereocenters. The van der Waals surface area contributed by atoms with E-state index >= 15 is 0 Å². The molecule has 0 saturated heterocycles. The second-order valence-corrected chi connectivity index (χ2v) is 7.28. The molecule has 4 heteroatoms. The molecule has 0 bridgehead atoms. The van der Waals surface area contributed by atoms with E-state index in [0.717, 1.165) is 12.3 Å². The fourth-order valence-electron chi connectivity index (χ4n) is 2.58. The highest BCUT2D eigenvalue weighted by atomic mass is 32.2. The first kappa shape index (κ1) is 14.5. The fourth-order valence-corrected chi connectivity index (χ4v) is 3.69. The Morgan fingerprint density at radius 3 is 2.53 bits per heavy atom. The summed E-state index contributed by atoms with van der Waals surface area (Å²) in [5.41, 5.74) is 1.35. The van der Waals surface area contributed by atoms with Crippen molar-refractivity contribution in [2.45, 2.75) is 38.5 Å². The van der Waals surface area contributed by atoms with Gasteiger partial charge in [-0.05, 0) is 43.1 Å². The highest BCUT2D eigenvalue weighted by Gasteiger charge is 2.31. The zero-order valence-electron chi connectivity index (χ0n) is 11.5. The summed E-state index contributed by atoms with van der Waals surface area (Å²) in [4.78, 5) is 0. The molecule has 0 aliphatic heterocycles. The maximum Gasteiger partial charge on any atom is 0.211 e. The summed E-state index contributed by atoms with van der Waals surface area (Å²) in [6, 6.07) is 10.5. The fraction of sp³-hybridized carbons (Fsp3) is 0.600. The summed E-state index contributed by atoms with van der Waals surface area (Å²) in [5.74, 6) is 1.48. The van der Waals surface area contributed by atoms with Gasteiger partial charge in [0.1, 0.15) is 0 Å². The predicted octanol–water partition coefficient (Wildman–Crippen LogP) is 2.90. The van der Waals surface area contributed by atoms with Crippen LogP contribution < -0.4 is 4.72 Å². The molecule has 1 saturated carbocycles. The van der Waals surface area contributed by atoms with E-state index in [2.05, 4.69) is 29.0 Å². The zero-order valence-corrected chi connectivity index (χ0v) is 12.3. The number of hydrogen-bond acceptors (Lipinski definition) is 2. The Hall–Kier alpha value is -0.870. The molecule has 2 rings (SSSR count). The SMILES string of the molecule is CCCS(=O)(=O)NCCC(c1ccccc1)C1CC1. The Morgan fingerprint density at radius 2 is 1.95 bits per heavy atom. The van der Waals surface area contributed by atoms with Crippen LogP contribution in [0.4, 0.5) is 0 Å². The van der Waals surface area contributed by atoms with Gasteiger partial charge in [0.2, 0.25) is 10.0 Å². The van der Waals surface area contributed by atoms with E-state index in [-0.39, 0.29) is 5.75 Å². The van der Waals surface area contributed by atoms with E-state index in [1.807, 2.05) is 13.0 Å². The van der Waals surface area contributed by atoms with Crippen LogP contribution in [0.15, 0.2) is 30.3 Å². The van der Waals surface area contributed by atoms with Crippen LogP contribution in [0.25, 0.3) is 0 Å². The molecular weight excluding hydrogens is 258 g/mol. The number of nitrogens with one attached hydrogen (secondary N) is 1. The van der Waals surface area contributed by atoms with E-state index < -0.39 is 10.0 Å². The summed E-state index contributed by atoms with van der Waals surface area (Å²) < 4.78 is 26.0. The highest BCUT2D eigenvalue weighted by molar-refractivity contribution is 7.89. The normalized spacial score (nSPS) is 17.3. The van der Waals surface area contributed by atoms with Gasteiger partial charge >= 0.3 is 0 Å². The molecule has 1 aliphatic carbocycles. The molecule has 1 aromatic carbocycles. The minimum Gasteiger partial charge on any atom is -0.215 e. The van der Waals surface area contributed by atoms with E-state index in [4.69, 9.17) is 0 Å². The maximum atomic E-state index is 11.6. The third kappa shape index (κ3) is 4.62. The third-order valence-corrected chi connectivity index (χ3v) is 5.26. The molecular formula is C15H23NO2S. The van der Waals surface area contributed by atoms with Crippen LogP contribution in [0.5, 0.6) is 0 Å². The Morgan fingerprint density at radius 1 is 1.26 bits per heavy atom. The molecule has 19 heavy (non-hydrogen) atoms. The minimum atomic E-state index is -3.06. The van der Waals surface area contributed by atoms with Gasteiger partial charge in [0.25, 0.3) is 0 Å². The quantitative estimate of drug-likeness (QED) is 0.796. The van der Waals surface area contributed by atoms with E-state index in [0.29, 0.717) is 18.9 Å². The number of sulfonamides is 1. The molecule has 0 spiro atoms. The van der Waals surface area contributed by atoms with Gasteiger partial charge in [-0.15, -0.1) is 0 Å². The summed E-state index contributed by atoms with van der Waals surface area (Å²) in [6.45, 7) is 2.44. The van der Waals surface area contributed by atoms with E-state index in [1.165, 1.54) is 18.4 Å². The van der Waals surface area contributed by atoms with Gasteiger partial charge in [0, 0.05) is 6.54 Å². The Balaban J connectivity index is 1.89. The lowest BCUT2D eigenvalue weighted by Gasteiger charge is -2.17. The summed E-state index contributed by atoms with van der Waals surface area (Å²) in [6.07, 6.45) is 4.13. The zero-order chi connectivity index (χ0) is 13.7. The molecule has 1 unspecified atom stereocenters. The summed E-state index contributed by atoms with van der Waals surface area (Å²) in [5, 5.41) is 0.